The number of hydrogen-bond acceptors (Lipinski definition) is 3. The first-order chi connectivity index (χ1) is 8.19. The summed E-state index contributed by atoms with van der Waals surface area (Å²) in [5.74, 6) is -1.52. The van der Waals surface area contributed by atoms with Gasteiger partial charge in [0.05, 0.1) is 13.0 Å². The van der Waals surface area contributed by atoms with Gasteiger partial charge in [0.25, 0.3) is 0 Å². The molecule has 104 valence electrons. The molecule has 0 radical (unpaired) electrons. The van der Waals surface area contributed by atoms with E-state index in [-0.39, 0.29) is 13.0 Å². The number of carboxylic acid groups (broad SMARTS) is 1. The third-order valence-corrected chi connectivity index (χ3v) is 2.76. The van der Waals surface area contributed by atoms with E-state index in [1.54, 1.807) is 20.8 Å². The number of aliphatic carboxylic acids is 1. The van der Waals surface area contributed by atoms with E-state index in [2.05, 4.69) is 0 Å². The van der Waals surface area contributed by atoms with Crippen molar-refractivity contribution in [1.29, 1.82) is 0 Å². The zero-order valence-corrected chi connectivity index (χ0v) is 11.0. The molecule has 0 unspecified atom stereocenters. The monoisotopic (exact) mass is 261 g/mol. The molecular formula is C12H20FNO4. The molecule has 0 spiro atoms. The fourth-order valence-corrected chi connectivity index (χ4v) is 1.90. The number of nitrogens with zero attached hydrogens (tertiary/aromatic N) is 1. The normalized spacial score (nSPS) is 24.8. The molecule has 1 aliphatic heterocycles. The number of carboxylic acids is 1. The summed E-state index contributed by atoms with van der Waals surface area (Å²) in [6.07, 6.45) is -1.68. The molecule has 1 fully saturated rings. The van der Waals surface area contributed by atoms with Crippen LogP contribution in [0.3, 0.4) is 0 Å². The second kappa shape index (κ2) is 5.54. The quantitative estimate of drug-likeness (QED) is 0.826. The molecule has 0 aromatic heterocycles. The minimum atomic E-state index is -1.30. The molecule has 0 aromatic rings. The van der Waals surface area contributed by atoms with Crippen molar-refractivity contribution < 1.29 is 23.8 Å². The fourth-order valence-electron chi connectivity index (χ4n) is 1.90. The van der Waals surface area contributed by atoms with Crippen molar-refractivity contribution in [3.8, 4) is 0 Å². The van der Waals surface area contributed by atoms with Gasteiger partial charge in [0.1, 0.15) is 11.8 Å². The van der Waals surface area contributed by atoms with Gasteiger partial charge in [-0.1, -0.05) is 0 Å². The summed E-state index contributed by atoms with van der Waals surface area (Å²) < 4.78 is 18.9. The van der Waals surface area contributed by atoms with Crippen LogP contribution in [0.2, 0.25) is 0 Å². The average Bonchev–Trinajstić information content (AvgIpc) is 2.17. The Bertz CT molecular complexity index is 327. The van der Waals surface area contributed by atoms with Gasteiger partial charge in [-0.2, -0.15) is 0 Å². The number of halogens is 1. The lowest BCUT2D eigenvalue weighted by atomic mass is 9.92. The number of piperidine rings is 1. The van der Waals surface area contributed by atoms with Crippen molar-refractivity contribution >= 4 is 12.1 Å². The Kier molecular flexibility index (Phi) is 4.53. The molecule has 1 heterocycles. The minimum Gasteiger partial charge on any atom is -0.481 e. The maximum Gasteiger partial charge on any atom is 0.410 e. The molecule has 1 amide bonds. The summed E-state index contributed by atoms with van der Waals surface area (Å²) in [4.78, 5) is 23.6. The predicted octanol–water partition coefficient (Wildman–Crippen LogP) is 2.06. The van der Waals surface area contributed by atoms with Crippen LogP contribution in [-0.4, -0.2) is 46.9 Å². The number of ether oxygens (including phenoxy) is 1. The maximum atomic E-state index is 13.7. The van der Waals surface area contributed by atoms with E-state index in [9.17, 15) is 14.0 Å². The molecule has 0 saturated carbocycles. The van der Waals surface area contributed by atoms with Crippen LogP contribution >= 0.6 is 0 Å². The molecule has 1 aliphatic rings. The highest BCUT2D eigenvalue weighted by Crippen LogP contribution is 2.24. The molecule has 1 rings (SSSR count). The Morgan fingerprint density at radius 2 is 2.06 bits per heavy atom. The fraction of sp³-hybridized carbons (Fsp3) is 0.833. The van der Waals surface area contributed by atoms with Crippen LogP contribution < -0.4 is 0 Å². The summed E-state index contributed by atoms with van der Waals surface area (Å²) in [5, 5.41) is 8.64. The molecule has 1 N–H and O–H groups in total. The molecule has 0 aliphatic carbocycles. The number of hydrogen-bond donors (Lipinski definition) is 1. The number of carbonyl (C=O) groups is 2. The highest BCUT2D eigenvalue weighted by atomic mass is 19.1. The van der Waals surface area contributed by atoms with Crippen LogP contribution in [0.15, 0.2) is 0 Å². The maximum absolute atomic E-state index is 13.7. The van der Waals surface area contributed by atoms with E-state index in [0.717, 1.165) is 0 Å². The Morgan fingerprint density at radius 1 is 1.44 bits per heavy atom. The van der Waals surface area contributed by atoms with E-state index >= 15 is 0 Å². The van der Waals surface area contributed by atoms with Crippen LogP contribution in [0.5, 0.6) is 0 Å². The molecule has 5 nitrogen and oxygen atoms in total. The topological polar surface area (TPSA) is 66.8 Å². The Hall–Kier alpha value is -1.33. The van der Waals surface area contributed by atoms with E-state index in [1.165, 1.54) is 4.90 Å². The summed E-state index contributed by atoms with van der Waals surface area (Å²) in [5.41, 5.74) is -0.610. The molecule has 1 saturated heterocycles. The molecule has 18 heavy (non-hydrogen) atoms. The van der Waals surface area contributed by atoms with Gasteiger partial charge >= 0.3 is 12.1 Å². The number of rotatable bonds is 2. The zero-order valence-electron chi connectivity index (χ0n) is 11.0. The molecule has 2 atom stereocenters. The molecular weight excluding hydrogens is 241 g/mol. The minimum absolute atomic E-state index is 0.0904. The lowest BCUT2D eigenvalue weighted by Crippen LogP contribution is -2.47. The Morgan fingerprint density at radius 3 is 2.50 bits per heavy atom. The van der Waals surface area contributed by atoms with E-state index in [4.69, 9.17) is 9.84 Å². The standard InChI is InChI=1S/C12H20FNO4/c1-12(2,3)18-11(17)14-5-4-8(6-10(15)16)9(13)7-14/h8-9H,4-7H2,1-3H3,(H,15,16)/t8-,9-/m0/s1. The van der Waals surface area contributed by atoms with Gasteiger partial charge in [0.2, 0.25) is 0 Å². The number of carbonyl (C=O) groups excluding carboxylic acids is 1. The average molecular weight is 261 g/mol. The number of amides is 1. The predicted molar refractivity (Wildman–Crippen MR) is 63.1 cm³/mol. The van der Waals surface area contributed by atoms with E-state index in [1.807, 2.05) is 0 Å². The van der Waals surface area contributed by atoms with Crippen molar-refractivity contribution in [3.63, 3.8) is 0 Å². The summed E-state index contributed by atoms with van der Waals surface area (Å²) in [6.45, 7) is 5.49. The van der Waals surface area contributed by atoms with Crippen molar-refractivity contribution in [3.05, 3.63) is 0 Å². The second-order valence-electron chi connectivity index (χ2n) is 5.59. The van der Waals surface area contributed by atoms with Gasteiger partial charge in [-0.05, 0) is 27.2 Å². The van der Waals surface area contributed by atoms with Crippen LogP contribution in [0.1, 0.15) is 33.6 Å². The number of alkyl halides is 1. The first kappa shape index (κ1) is 14.7. The second-order valence-corrected chi connectivity index (χ2v) is 5.59. The third-order valence-electron chi connectivity index (χ3n) is 2.76. The van der Waals surface area contributed by atoms with Crippen LogP contribution in [0.25, 0.3) is 0 Å². The van der Waals surface area contributed by atoms with Crippen LogP contribution in [-0.2, 0) is 9.53 Å². The Balaban J connectivity index is 2.50. The lowest BCUT2D eigenvalue weighted by molar-refractivity contribution is -0.139. The smallest absolute Gasteiger partial charge is 0.410 e. The van der Waals surface area contributed by atoms with Crippen LogP contribution in [0.4, 0.5) is 9.18 Å². The van der Waals surface area contributed by atoms with Gasteiger partial charge in [-0.3, -0.25) is 4.79 Å². The molecule has 6 heteroatoms. The van der Waals surface area contributed by atoms with Gasteiger partial charge < -0.3 is 14.7 Å². The number of likely N-dealkylation sites (tertiary alicyclic amines) is 1. The molecule has 0 bridgehead atoms. The van der Waals surface area contributed by atoms with Crippen molar-refractivity contribution in [1.82, 2.24) is 4.90 Å². The third kappa shape index (κ3) is 4.50. The van der Waals surface area contributed by atoms with Gasteiger partial charge in [-0.25, -0.2) is 9.18 Å². The summed E-state index contributed by atoms with van der Waals surface area (Å²) in [7, 11) is 0. The van der Waals surface area contributed by atoms with Gasteiger partial charge in [0.15, 0.2) is 0 Å². The Labute approximate surface area is 106 Å². The van der Waals surface area contributed by atoms with E-state index < -0.39 is 29.8 Å². The van der Waals surface area contributed by atoms with Gasteiger partial charge in [-0.15, -0.1) is 0 Å². The van der Waals surface area contributed by atoms with E-state index in [0.29, 0.717) is 13.0 Å². The van der Waals surface area contributed by atoms with Crippen LogP contribution in [0, 0.1) is 5.92 Å². The largest absolute Gasteiger partial charge is 0.481 e. The summed E-state index contributed by atoms with van der Waals surface area (Å²) >= 11 is 0. The van der Waals surface area contributed by atoms with Gasteiger partial charge in [0, 0.05) is 12.5 Å². The summed E-state index contributed by atoms with van der Waals surface area (Å²) in [6, 6.07) is 0. The van der Waals surface area contributed by atoms with Crippen molar-refractivity contribution in [2.45, 2.75) is 45.4 Å². The first-order valence-corrected chi connectivity index (χ1v) is 6.03. The highest BCUT2D eigenvalue weighted by Gasteiger charge is 2.34. The van der Waals surface area contributed by atoms with Crippen molar-refractivity contribution in [2.75, 3.05) is 13.1 Å². The highest BCUT2D eigenvalue weighted by molar-refractivity contribution is 5.69. The first-order valence-electron chi connectivity index (χ1n) is 6.03. The SMILES string of the molecule is CC(C)(C)OC(=O)N1CC[C@@H](CC(=O)O)[C@@H](F)C1. The molecule has 0 aromatic carbocycles. The van der Waals surface area contributed by atoms with Crippen molar-refractivity contribution in [2.24, 2.45) is 5.92 Å². The zero-order chi connectivity index (χ0) is 13.9. The lowest BCUT2D eigenvalue weighted by Gasteiger charge is -2.35.